The van der Waals surface area contributed by atoms with E-state index >= 15 is 0 Å². The summed E-state index contributed by atoms with van der Waals surface area (Å²) in [4.78, 5) is 0. The second kappa shape index (κ2) is 4.42. The van der Waals surface area contributed by atoms with Crippen LogP contribution in [0.15, 0.2) is 0 Å². The largest absolute Gasteiger partial charge is 0.325 e. The molecule has 0 aliphatic heterocycles. The fourth-order valence-electron chi connectivity index (χ4n) is 2.24. The molecule has 1 saturated carbocycles. The number of hydrogen-bond donors (Lipinski definition) is 1. The van der Waals surface area contributed by atoms with Crippen molar-refractivity contribution in [2.24, 2.45) is 11.7 Å². The van der Waals surface area contributed by atoms with E-state index in [1.54, 1.807) is 13.8 Å². The Labute approximate surface area is 93.3 Å². The molecule has 1 aliphatic rings. The van der Waals surface area contributed by atoms with Crippen LogP contribution in [0.5, 0.6) is 0 Å². The van der Waals surface area contributed by atoms with Gasteiger partial charge in [0.1, 0.15) is 0 Å². The van der Waals surface area contributed by atoms with Gasteiger partial charge in [-0.3, -0.25) is 0 Å². The Bertz CT molecular complexity index is 311. The average molecular weight is 233 g/mol. The van der Waals surface area contributed by atoms with Gasteiger partial charge in [0.15, 0.2) is 9.84 Å². The lowest BCUT2D eigenvalue weighted by molar-refractivity contribution is 0.407. The van der Waals surface area contributed by atoms with Gasteiger partial charge in [0.05, 0.1) is 11.0 Å². The molecule has 90 valence electrons. The van der Waals surface area contributed by atoms with Gasteiger partial charge in [0, 0.05) is 5.54 Å². The summed E-state index contributed by atoms with van der Waals surface area (Å²) in [5.41, 5.74) is 5.97. The minimum atomic E-state index is -2.92. The van der Waals surface area contributed by atoms with Crippen molar-refractivity contribution in [3.8, 4) is 0 Å². The van der Waals surface area contributed by atoms with Gasteiger partial charge >= 0.3 is 0 Å². The van der Waals surface area contributed by atoms with Crippen molar-refractivity contribution in [1.29, 1.82) is 0 Å². The fraction of sp³-hybridized carbons (Fsp3) is 1.00. The molecule has 0 heterocycles. The predicted molar refractivity (Wildman–Crippen MR) is 63.5 cm³/mol. The molecule has 0 amide bonds. The number of rotatable bonds is 4. The van der Waals surface area contributed by atoms with Crippen LogP contribution in [0.1, 0.15) is 46.5 Å². The molecule has 3 nitrogen and oxygen atoms in total. The second-order valence-electron chi connectivity index (χ2n) is 5.38. The zero-order valence-corrected chi connectivity index (χ0v) is 10.8. The molecule has 4 heteroatoms. The van der Waals surface area contributed by atoms with Crippen LogP contribution in [-0.4, -0.2) is 25.0 Å². The zero-order valence-electron chi connectivity index (χ0n) is 9.99. The van der Waals surface area contributed by atoms with E-state index in [0.29, 0.717) is 12.3 Å². The van der Waals surface area contributed by atoms with Crippen LogP contribution in [0.3, 0.4) is 0 Å². The maximum Gasteiger partial charge on any atom is 0.152 e. The summed E-state index contributed by atoms with van der Waals surface area (Å²) in [5, 5.41) is -0.278. The summed E-state index contributed by atoms with van der Waals surface area (Å²) in [7, 11) is -2.92. The molecule has 2 atom stereocenters. The highest BCUT2D eigenvalue weighted by molar-refractivity contribution is 7.91. The topological polar surface area (TPSA) is 60.2 Å². The van der Waals surface area contributed by atoms with E-state index in [2.05, 4.69) is 6.92 Å². The molecule has 0 aromatic rings. The van der Waals surface area contributed by atoms with E-state index in [4.69, 9.17) is 5.73 Å². The van der Waals surface area contributed by atoms with Crippen molar-refractivity contribution in [3.63, 3.8) is 0 Å². The fourth-order valence-corrected chi connectivity index (χ4v) is 3.40. The van der Waals surface area contributed by atoms with E-state index < -0.39 is 9.84 Å². The highest BCUT2D eigenvalue weighted by atomic mass is 32.2. The van der Waals surface area contributed by atoms with Crippen molar-refractivity contribution in [2.75, 3.05) is 5.75 Å². The van der Waals surface area contributed by atoms with E-state index in [0.717, 1.165) is 19.3 Å². The van der Waals surface area contributed by atoms with Crippen molar-refractivity contribution >= 4 is 9.84 Å². The summed E-state index contributed by atoms with van der Waals surface area (Å²) in [6, 6.07) is 0. The summed E-state index contributed by atoms with van der Waals surface area (Å²) < 4.78 is 23.3. The highest BCUT2D eigenvalue weighted by Crippen LogP contribution is 2.34. The molecular formula is C11H23NO2S. The van der Waals surface area contributed by atoms with Gasteiger partial charge in [-0.15, -0.1) is 0 Å². The maximum absolute atomic E-state index is 11.7. The van der Waals surface area contributed by atoms with Crippen LogP contribution in [0.25, 0.3) is 0 Å². The molecule has 1 aliphatic carbocycles. The van der Waals surface area contributed by atoms with E-state index in [1.165, 1.54) is 0 Å². The van der Waals surface area contributed by atoms with Gasteiger partial charge in [-0.1, -0.05) is 6.92 Å². The average Bonchev–Trinajstić information content (AvgIpc) is 2.44. The summed E-state index contributed by atoms with van der Waals surface area (Å²) in [6.07, 6.45) is 3.71. The molecule has 0 aromatic heterocycles. The molecule has 0 saturated heterocycles. The quantitative estimate of drug-likeness (QED) is 0.804. The van der Waals surface area contributed by atoms with E-state index in [9.17, 15) is 8.42 Å². The molecular weight excluding hydrogens is 210 g/mol. The summed E-state index contributed by atoms with van der Waals surface area (Å²) >= 11 is 0. The Hall–Kier alpha value is -0.0900. The van der Waals surface area contributed by atoms with Gasteiger partial charge in [0.2, 0.25) is 0 Å². The Kier molecular flexibility index (Phi) is 3.82. The van der Waals surface area contributed by atoms with Crippen LogP contribution in [0.4, 0.5) is 0 Å². The van der Waals surface area contributed by atoms with Gasteiger partial charge in [-0.2, -0.15) is 0 Å². The Morgan fingerprint density at radius 1 is 1.47 bits per heavy atom. The van der Waals surface area contributed by atoms with Crippen LogP contribution in [-0.2, 0) is 9.84 Å². The van der Waals surface area contributed by atoms with E-state index in [1.807, 2.05) is 0 Å². The first kappa shape index (κ1) is 13.0. The minimum absolute atomic E-state index is 0.221. The maximum atomic E-state index is 11.7. The first-order chi connectivity index (χ1) is 6.75. The molecule has 1 rings (SSSR count). The Morgan fingerprint density at radius 3 is 2.47 bits per heavy atom. The molecule has 0 radical (unpaired) electrons. The highest BCUT2D eigenvalue weighted by Gasteiger charge is 2.34. The van der Waals surface area contributed by atoms with Gasteiger partial charge < -0.3 is 5.73 Å². The third kappa shape index (κ3) is 3.45. The lowest BCUT2D eigenvalue weighted by atomic mass is 9.95. The first-order valence-electron chi connectivity index (χ1n) is 5.76. The van der Waals surface area contributed by atoms with Crippen LogP contribution in [0.2, 0.25) is 0 Å². The third-order valence-corrected chi connectivity index (χ3v) is 5.70. The third-order valence-electron chi connectivity index (χ3n) is 3.49. The predicted octanol–water partition coefficient (Wildman–Crippen LogP) is 1.72. The van der Waals surface area contributed by atoms with Crippen LogP contribution in [0, 0.1) is 5.92 Å². The molecule has 0 bridgehead atoms. The molecule has 15 heavy (non-hydrogen) atoms. The lowest BCUT2D eigenvalue weighted by Gasteiger charge is -2.24. The van der Waals surface area contributed by atoms with Crippen molar-refractivity contribution in [2.45, 2.75) is 57.2 Å². The minimum Gasteiger partial charge on any atom is -0.325 e. The molecule has 0 spiro atoms. The van der Waals surface area contributed by atoms with Crippen molar-refractivity contribution in [1.82, 2.24) is 0 Å². The van der Waals surface area contributed by atoms with E-state index in [-0.39, 0.29) is 16.5 Å². The molecule has 2 N–H and O–H groups in total. The van der Waals surface area contributed by atoms with Crippen molar-refractivity contribution < 1.29 is 8.42 Å². The van der Waals surface area contributed by atoms with Crippen molar-refractivity contribution in [3.05, 3.63) is 0 Å². The SMILES string of the molecule is CC1CCC(N)(CCS(=O)(=O)C(C)C)C1. The molecule has 2 unspecified atom stereocenters. The number of nitrogens with two attached hydrogens (primary N) is 1. The van der Waals surface area contributed by atoms with Crippen LogP contribution >= 0.6 is 0 Å². The normalized spacial score (nSPS) is 32.5. The second-order valence-corrected chi connectivity index (χ2v) is 8.05. The number of hydrogen-bond acceptors (Lipinski definition) is 3. The van der Waals surface area contributed by atoms with Gasteiger partial charge in [-0.25, -0.2) is 8.42 Å². The summed E-state index contributed by atoms with van der Waals surface area (Å²) in [6.45, 7) is 5.65. The molecule has 0 aromatic carbocycles. The Morgan fingerprint density at radius 2 is 2.07 bits per heavy atom. The number of sulfone groups is 1. The van der Waals surface area contributed by atoms with Gasteiger partial charge in [0.25, 0.3) is 0 Å². The Balaban J connectivity index is 2.51. The summed E-state index contributed by atoms with van der Waals surface area (Å²) in [5.74, 6) is 0.894. The smallest absolute Gasteiger partial charge is 0.152 e. The zero-order chi connectivity index (χ0) is 11.7. The van der Waals surface area contributed by atoms with Gasteiger partial charge in [-0.05, 0) is 45.4 Å². The standard InChI is InChI=1S/C11H23NO2S/c1-9(2)15(13,14)7-6-11(12)5-4-10(3)8-11/h9-10H,4-8,12H2,1-3H3. The first-order valence-corrected chi connectivity index (χ1v) is 7.47. The monoisotopic (exact) mass is 233 g/mol. The lowest BCUT2D eigenvalue weighted by Crippen LogP contribution is -2.39. The van der Waals surface area contributed by atoms with Crippen LogP contribution < -0.4 is 5.73 Å². The molecule has 1 fully saturated rings.